The Labute approximate surface area is 147 Å². The lowest BCUT2D eigenvalue weighted by molar-refractivity contribution is -0.907. The zero-order valence-electron chi connectivity index (χ0n) is 14.4. The van der Waals surface area contributed by atoms with Crippen molar-refractivity contribution in [3.8, 4) is 0 Å². The van der Waals surface area contributed by atoms with Gasteiger partial charge in [-0.1, -0.05) is 48.5 Å². The number of hydrogen-bond donors (Lipinski definition) is 2. The second-order valence-electron chi connectivity index (χ2n) is 6.40. The molecule has 0 radical (unpaired) electrons. The fourth-order valence-electron chi connectivity index (χ4n) is 2.85. The topological polar surface area (TPSA) is 33.5 Å². The van der Waals surface area contributed by atoms with E-state index in [4.69, 9.17) is 0 Å². The minimum absolute atomic E-state index is 0.191. The van der Waals surface area contributed by atoms with E-state index >= 15 is 0 Å². The Bertz CT molecular complexity index is 894. The van der Waals surface area contributed by atoms with Gasteiger partial charge in [0.1, 0.15) is 12.4 Å². The number of quaternary nitrogens is 1. The van der Waals surface area contributed by atoms with Crippen LogP contribution in [0.25, 0.3) is 10.8 Å². The number of benzene rings is 3. The van der Waals surface area contributed by atoms with Crippen molar-refractivity contribution in [2.24, 2.45) is 0 Å². The monoisotopic (exact) mass is 337 g/mol. The number of para-hydroxylation sites is 1. The van der Waals surface area contributed by atoms with E-state index in [-0.39, 0.29) is 17.6 Å². The minimum Gasteiger partial charge on any atom is -0.324 e. The van der Waals surface area contributed by atoms with Gasteiger partial charge in [0.25, 0.3) is 5.91 Å². The van der Waals surface area contributed by atoms with Crippen LogP contribution < -0.4 is 10.2 Å². The van der Waals surface area contributed by atoms with E-state index in [1.54, 1.807) is 18.2 Å². The number of nitrogens with one attached hydrogen (secondary N) is 2. The van der Waals surface area contributed by atoms with E-state index < -0.39 is 5.82 Å². The number of hydrogen-bond acceptors (Lipinski definition) is 1. The first kappa shape index (κ1) is 17.1. The molecule has 0 heterocycles. The average Bonchev–Trinajstić information content (AvgIpc) is 2.62. The van der Waals surface area contributed by atoms with Gasteiger partial charge in [0, 0.05) is 5.56 Å². The highest BCUT2D eigenvalue weighted by Gasteiger charge is 2.22. The lowest BCUT2D eigenvalue weighted by atomic mass is 10.1. The predicted octanol–water partition coefficient (Wildman–Crippen LogP) is 3.02. The first-order chi connectivity index (χ1) is 12.0. The van der Waals surface area contributed by atoms with Crippen molar-refractivity contribution in [2.45, 2.75) is 19.5 Å². The molecule has 3 aromatic carbocycles. The summed E-state index contributed by atoms with van der Waals surface area (Å²) in [5.74, 6) is -0.612. The van der Waals surface area contributed by atoms with Gasteiger partial charge < -0.3 is 10.2 Å². The second kappa shape index (κ2) is 7.45. The highest BCUT2D eigenvalue weighted by atomic mass is 19.1. The quantitative estimate of drug-likeness (QED) is 0.737. The van der Waals surface area contributed by atoms with E-state index in [1.165, 1.54) is 22.4 Å². The molecule has 25 heavy (non-hydrogen) atoms. The molecule has 1 amide bonds. The molecule has 3 nitrogen and oxygen atoms in total. The Kier molecular flexibility index (Phi) is 5.10. The fourth-order valence-corrected chi connectivity index (χ4v) is 2.85. The van der Waals surface area contributed by atoms with Crippen molar-refractivity contribution in [2.75, 3.05) is 12.4 Å². The van der Waals surface area contributed by atoms with Crippen LogP contribution in [0.1, 0.15) is 12.5 Å². The average molecular weight is 337 g/mol. The molecule has 128 valence electrons. The van der Waals surface area contributed by atoms with Gasteiger partial charge in [0.05, 0.1) is 12.7 Å². The van der Waals surface area contributed by atoms with Gasteiger partial charge in [0.15, 0.2) is 6.04 Å². The van der Waals surface area contributed by atoms with Crippen molar-refractivity contribution < 1.29 is 14.1 Å². The van der Waals surface area contributed by atoms with Crippen LogP contribution >= 0.6 is 0 Å². The molecule has 0 saturated heterocycles. The molecule has 2 atom stereocenters. The van der Waals surface area contributed by atoms with E-state index in [1.807, 2.05) is 26.1 Å². The summed E-state index contributed by atoms with van der Waals surface area (Å²) in [6.07, 6.45) is 0. The van der Waals surface area contributed by atoms with Crippen LogP contribution in [-0.2, 0) is 11.3 Å². The molecule has 0 aliphatic carbocycles. The summed E-state index contributed by atoms with van der Waals surface area (Å²) in [7, 11) is 1.97. The Balaban J connectivity index is 1.67. The Morgan fingerprint density at radius 1 is 1.04 bits per heavy atom. The fraction of sp³-hybridized carbons (Fsp3) is 0.190. The number of carbonyl (C=O) groups excluding carboxylic acids is 1. The van der Waals surface area contributed by atoms with Gasteiger partial charge in [0.2, 0.25) is 0 Å². The maximum absolute atomic E-state index is 13.7. The van der Waals surface area contributed by atoms with Gasteiger partial charge in [-0.25, -0.2) is 4.39 Å². The molecular formula is C21H22FN2O+. The zero-order chi connectivity index (χ0) is 17.8. The maximum atomic E-state index is 13.7. The second-order valence-corrected chi connectivity index (χ2v) is 6.40. The lowest BCUT2D eigenvalue weighted by Crippen LogP contribution is -3.12. The molecule has 0 aliphatic heterocycles. The third-order valence-corrected chi connectivity index (χ3v) is 4.56. The van der Waals surface area contributed by atoms with E-state index in [0.717, 1.165) is 11.4 Å². The molecule has 0 saturated carbocycles. The van der Waals surface area contributed by atoms with E-state index in [0.29, 0.717) is 0 Å². The molecule has 0 spiro atoms. The van der Waals surface area contributed by atoms with Crippen molar-refractivity contribution in [3.63, 3.8) is 0 Å². The summed E-state index contributed by atoms with van der Waals surface area (Å²) >= 11 is 0. The number of amides is 1. The van der Waals surface area contributed by atoms with Crippen molar-refractivity contribution in [1.29, 1.82) is 0 Å². The zero-order valence-corrected chi connectivity index (χ0v) is 14.4. The Morgan fingerprint density at radius 2 is 1.72 bits per heavy atom. The van der Waals surface area contributed by atoms with Crippen molar-refractivity contribution in [3.05, 3.63) is 78.1 Å². The number of halogens is 1. The SMILES string of the molecule is C[C@H](C(=O)Nc1ccccc1F)[NH+](C)Cc1ccc2ccccc2c1. The molecule has 3 rings (SSSR count). The third-order valence-electron chi connectivity index (χ3n) is 4.56. The maximum Gasteiger partial charge on any atom is 0.282 e. The summed E-state index contributed by atoms with van der Waals surface area (Å²) in [6, 6.07) is 20.5. The Morgan fingerprint density at radius 3 is 2.48 bits per heavy atom. The summed E-state index contributed by atoms with van der Waals surface area (Å²) in [6.45, 7) is 2.57. The van der Waals surface area contributed by atoms with Crippen molar-refractivity contribution in [1.82, 2.24) is 0 Å². The number of fused-ring (bicyclic) bond motifs is 1. The first-order valence-corrected chi connectivity index (χ1v) is 8.40. The van der Waals surface area contributed by atoms with Gasteiger partial charge in [-0.2, -0.15) is 0 Å². The Hall–Kier alpha value is -2.72. The van der Waals surface area contributed by atoms with Gasteiger partial charge in [-0.3, -0.25) is 4.79 Å². The summed E-state index contributed by atoms with van der Waals surface area (Å²) in [5.41, 5.74) is 1.39. The van der Waals surface area contributed by atoms with Gasteiger partial charge in [-0.05, 0) is 35.9 Å². The number of carbonyl (C=O) groups is 1. The molecule has 3 aromatic rings. The number of likely N-dealkylation sites (N-methyl/N-ethyl adjacent to an activating group) is 1. The molecule has 0 bridgehead atoms. The summed E-state index contributed by atoms with van der Waals surface area (Å²) < 4.78 is 13.7. The van der Waals surface area contributed by atoms with Gasteiger partial charge >= 0.3 is 0 Å². The smallest absolute Gasteiger partial charge is 0.282 e. The van der Waals surface area contributed by atoms with Crippen molar-refractivity contribution >= 4 is 22.4 Å². The number of rotatable bonds is 5. The van der Waals surface area contributed by atoms with Crippen LogP contribution in [0.4, 0.5) is 10.1 Å². The molecule has 0 fully saturated rings. The van der Waals surface area contributed by atoms with E-state index in [9.17, 15) is 9.18 Å². The largest absolute Gasteiger partial charge is 0.324 e. The van der Waals surface area contributed by atoms with Crippen LogP contribution in [0, 0.1) is 5.82 Å². The normalized spacial score (nSPS) is 13.4. The standard InChI is InChI=1S/C21H21FN2O/c1-15(21(25)23-20-10-6-5-9-19(20)22)24(2)14-16-11-12-17-7-3-4-8-18(17)13-16/h3-13,15H,14H2,1-2H3,(H,23,25)/p+1/t15-/m1/s1. The third kappa shape index (κ3) is 4.03. The molecule has 0 aromatic heterocycles. The highest BCUT2D eigenvalue weighted by molar-refractivity contribution is 5.93. The summed E-state index contributed by atoms with van der Waals surface area (Å²) in [4.78, 5) is 13.5. The minimum atomic E-state index is -0.421. The molecule has 1 unspecified atom stereocenters. The number of anilines is 1. The molecule has 4 heteroatoms. The van der Waals surface area contributed by atoms with Crippen LogP contribution in [0.15, 0.2) is 66.7 Å². The highest BCUT2D eigenvalue weighted by Crippen LogP contribution is 2.15. The van der Waals surface area contributed by atoms with Crippen LogP contribution in [0.3, 0.4) is 0 Å². The molecule has 2 N–H and O–H groups in total. The van der Waals surface area contributed by atoms with Crippen LogP contribution in [-0.4, -0.2) is 19.0 Å². The van der Waals surface area contributed by atoms with Crippen LogP contribution in [0.5, 0.6) is 0 Å². The lowest BCUT2D eigenvalue weighted by Gasteiger charge is -2.21. The predicted molar refractivity (Wildman–Crippen MR) is 99.0 cm³/mol. The van der Waals surface area contributed by atoms with Crippen LogP contribution in [0.2, 0.25) is 0 Å². The van der Waals surface area contributed by atoms with Gasteiger partial charge in [-0.15, -0.1) is 0 Å². The summed E-state index contributed by atoms with van der Waals surface area (Å²) in [5, 5.41) is 5.07. The molecule has 0 aliphatic rings. The van der Waals surface area contributed by atoms with E-state index in [2.05, 4.69) is 35.6 Å². The molecular weight excluding hydrogens is 315 g/mol. The first-order valence-electron chi connectivity index (χ1n) is 8.40.